The summed E-state index contributed by atoms with van der Waals surface area (Å²) in [4.78, 5) is 35.5. The zero-order valence-electron chi connectivity index (χ0n) is 13.8. The molecule has 4 N–H and O–H groups in total. The first-order valence-corrected chi connectivity index (χ1v) is 8.66. The molecule has 0 aromatic carbocycles. The lowest BCUT2D eigenvalue weighted by atomic mass is 9.90. The van der Waals surface area contributed by atoms with E-state index in [0.29, 0.717) is 23.9 Å². The van der Waals surface area contributed by atoms with E-state index < -0.39 is 5.60 Å². The van der Waals surface area contributed by atoms with E-state index in [1.54, 1.807) is 12.4 Å². The quantitative estimate of drug-likeness (QED) is 0.649. The Hall–Kier alpha value is -2.48. The average molecular weight is 343 g/mol. The van der Waals surface area contributed by atoms with Crippen molar-refractivity contribution in [3.8, 4) is 0 Å². The second-order valence-corrected chi connectivity index (χ2v) is 7.01. The Balaban J connectivity index is 1.31. The van der Waals surface area contributed by atoms with Crippen molar-refractivity contribution in [2.45, 2.75) is 56.2 Å². The van der Waals surface area contributed by atoms with Crippen LogP contribution in [0.4, 0.5) is 0 Å². The van der Waals surface area contributed by atoms with Crippen molar-refractivity contribution in [1.82, 2.24) is 25.6 Å². The largest absolute Gasteiger partial charge is 0.380 e. The van der Waals surface area contributed by atoms with Crippen LogP contribution in [0.25, 0.3) is 11.0 Å². The minimum Gasteiger partial charge on any atom is -0.380 e. The van der Waals surface area contributed by atoms with Gasteiger partial charge >= 0.3 is 0 Å². The summed E-state index contributed by atoms with van der Waals surface area (Å²) in [6.07, 6.45) is 9.01. The molecule has 25 heavy (non-hydrogen) atoms. The third kappa shape index (κ3) is 3.21. The fourth-order valence-electron chi connectivity index (χ4n) is 3.35. The van der Waals surface area contributed by atoms with Crippen LogP contribution in [0.5, 0.6) is 0 Å². The summed E-state index contributed by atoms with van der Waals surface area (Å²) >= 11 is 0. The molecule has 0 unspecified atom stereocenters. The number of nitrogens with one attached hydrogen (secondary N) is 3. The summed E-state index contributed by atoms with van der Waals surface area (Å²) in [5.74, 6) is -0.400. The van der Waals surface area contributed by atoms with Gasteiger partial charge in [-0.3, -0.25) is 9.59 Å². The molecular formula is C17H21N5O3. The fraction of sp³-hybridized carbons (Fsp3) is 0.529. The minimum atomic E-state index is -1.12. The standard InChI is InChI=1S/C17H21N5O3/c23-15(12-7-19-13-8-18-9-20-14(12)13)21-10-1-3-11(4-2-10)22-16(24)17(25)5-6-17/h7-11,19,25H,1-6H2,(H,21,23)(H,22,24). The van der Waals surface area contributed by atoms with Gasteiger partial charge in [-0.25, -0.2) is 9.97 Å². The number of H-pyrrole nitrogens is 1. The van der Waals surface area contributed by atoms with Gasteiger partial charge in [0.25, 0.3) is 11.8 Å². The van der Waals surface area contributed by atoms with E-state index in [0.717, 1.165) is 31.2 Å². The van der Waals surface area contributed by atoms with E-state index in [1.165, 1.54) is 6.33 Å². The van der Waals surface area contributed by atoms with Gasteiger partial charge in [-0.15, -0.1) is 0 Å². The number of nitrogens with zero attached hydrogens (tertiary/aromatic N) is 2. The molecule has 0 saturated heterocycles. The van der Waals surface area contributed by atoms with Crippen molar-refractivity contribution in [3.63, 3.8) is 0 Å². The number of hydrogen-bond donors (Lipinski definition) is 4. The number of fused-ring (bicyclic) bond motifs is 1. The average Bonchev–Trinajstić information content (AvgIpc) is 3.22. The molecule has 8 heteroatoms. The third-order valence-corrected chi connectivity index (χ3v) is 5.13. The molecule has 2 heterocycles. The summed E-state index contributed by atoms with van der Waals surface area (Å²) in [6, 6.07) is 0.155. The zero-order chi connectivity index (χ0) is 17.4. The van der Waals surface area contributed by atoms with Crippen molar-refractivity contribution in [2.24, 2.45) is 0 Å². The lowest BCUT2D eigenvalue weighted by molar-refractivity contribution is -0.132. The topological polar surface area (TPSA) is 120 Å². The summed E-state index contributed by atoms with van der Waals surface area (Å²) in [5, 5.41) is 15.8. The predicted octanol–water partition coefficient (Wildman–Crippen LogP) is 0.640. The summed E-state index contributed by atoms with van der Waals surface area (Å²) < 4.78 is 0. The van der Waals surface area contributed by atoms with Gasteiger partial charge in [-0.2, -0.15) is 0 Å². The first kappa shape index (κ1) is 16.0. The lowest BCUT2D eigenvalue weighted by Crippen LogP contribution is -2.47. The second kappa shape index (κ2) is 6.11. The van der Waals surface area contributed by atoms with E-state index in [1.807, 2.05) is 0 Å². The van der Waals surface area contributed by atoms with E-state index in [9.17, 15) is 14.7 Å². The number of hydrogen-bond acceptors (Lipinski definition) is 5. The molecule has 2 amide bonds. The van der Waals surface area contributed by atoms with Crippen LogP contribution in [0.15, 0.2) is 18.7 Å². The first-order valence-electron chi connectivity index (χ1n) is 8.66. The zero-order valence-corrected chi connectivity index (χ0v) is 13.8. The van der Waals surface area contributed by atoms with Gasteiger partial charge in [0, 0.05) is 18.3 Å². The molecule has 4 rings (SSSR count). The number of carbonyl (C=O) groups is 2. The maximum absolute atomic E-state index is 12.5. The number of amides is 2. The van der Waals surface area contributed by atoms with E-state index in [4.69, 9.17) is 0 Å². The molecule has 0 aliphatic heterocycles. The Morgan fingerprint density at radius 1 is 1.16 bits per heavy atom. The summed E-state index contributed by atoms with van der Waals surface area (Å²) in [6.45, 7) is 0. The second-order valence-electron chi connectivity index (χ2n) is 7.01. The Bertz CT molecular complexity index is 805. The Morgan fingerprint density at radius 2 is 1.84 bits per heavy atom. The van der Waals surface area contributed by atoms with Crippen molar-refractivity contribution in [3.05, 3.63) is 24.3 Å². The van der Waals surface area contributed by atoms with Crippen molar-refractivity contribution < 1.29 is 14.7 Å². The SMILES string of the molecule is O=C(NC1CCC(NC(=O)C2(O)CC2)CC1)c1c[nH]c2cncnc12. The Kier molecular flexibility index (Phi) is 3.91. The summed E-state index contributed by atoms with van der Waals surface area (Å²) in [7, 11) is 0. The van der Waals surface area contributed by atoms with Gasteiger partial charge in [0.15, 0.2) is 0 Å². The molecule has 2 fully saturated rings. The van der Waals surface area contributed by atoms with Gasteiger partial charge < -0.3 is 20.7 Å². The van der Waals surface area contributed by atoms with Crippen LogP contribution in [-0.2, 0) is 4.79 Å². The van der Waals surface area contributed by atoms with Crippen LogP contribution in [0.2, 0.25) is 0 Å². The van der Waals surface area contributed by atoms with E-state index in [2.05, 4.69) is 25.6 Å². The van der Waals surface area contributed by atoms with Crippen molar-refractivity contribution >= 4 is 22.8 Å². The van der Waals surface area contributed by atoms with Gasteiger partial charge in [-0.1, -0.05) is 0 Å². The number of aromatic amines is 1. The number of aromatic nitrogens is 3. The minimum absolute atomic E-state index is 0.0751. The molecule has 8 nitrogen and oxygen atoms in total. The predicted molar refractivity (Wildman–Crippen MR) is 89.7 cm³/mol. The van der Waals surface area contributed by atoms with Gasteiger partial charge in [-0.05, 0) is 38.5 Å². The highest BCUT2D eigenvalue weighted by Gasteiger charge is 2.48. The Morgan fingerprint density at radius 3 is 2.52 bits per heavy atom. The van der Waals surface area contributed by atoms with E-state index in [-0.39, 0.29) is 23.9 Å². The normalized spacial score (nSPS) is 24.7. The van der Waals surface area contributed by atoms with Gasteiger partial charge in [0.1, 0.15) is 17.4 Å². The molecule has 2 aromatic rings. The molecule has 132 valence electrons. The highest BCUT2D eigenvalue weighted by Crippen LogP contribution is 2.35. The van der Waals surface area contributed by atoms with Crippen LogP contribution in [0.1, 0.15) is 48.9 Å². The fourth-order valence-corrected chi connectivity index (χ4v) is 3.35. The molecule has 0 atom stereocenters. The number of carbonyl (C=O) groups excluding carboxylic acids is 2. The third-order valence-electron chi connectivity index (χ3n) is 5.13. The van der Waals surface area contributed by atoms with Gasteiger partial charge in [0.2, 0.25) is 0 Å². The highest BCUT2D eigenvalue weighted by molar-refractivity contribution is 6.05. The smallest absolute Gasteiger partial charge is 0.255 e. The molecular weight excluding hydrogens is 322 g/mol. The molecule has 2 aromatic heterocycles. The lowest BCUT2D eigenvalue weighted by Gasteiger charge is -2.30. The van der Waals surface area contributed by atoms with Crippen LogP contribution >= 0.6 is 0 Å². The molecule has 2 saturated carbocycles. The van der Waals surface area contributed by atoms with Crippen molar-refractivity contribution in [1.29, 1.82) is 0 Å². The molecule has 2 aliphatic carbocycles. The maximum Gasteiger partial charge on any atom is 0.255 e. The maximum atomic E-state index is 12.5. The van der Waals surface area contributed by atoms with Gasteiger partial charge in [0.05, 0.1) is 17.3 Å². The van der Waals surface area contributed by atoms with Crippen LogP contribution in [-0.4, -0.2) is 49.6 Å². The van der Waals surface area contributed by atoms with E-state index >= 15 is 0 Å². The molecule has 0 radical (unpaired) electrons. The molecule has 2 aliphatic rings. The summed E-state index contributed by atoms with van der Waals surface area (Å²) in [5.41, 5.74) is 0.745. The van der Waals surface area contributed by atoms with Crippen LogP contribution < -0.4 is 10.6 Å². The van der Waals surface area contributed by atoms with Crippen LogP contribution in [0.3, 0.4) is 0 Å². The number of rotatable bonds is 4. The monoisotopic (exact) mass is 343 g/mol. The highest BCUT2D eigenvalue weighted by atomic mass is 16.3. The van der Waals surface area contributed by atoms with Crippen LogP contribution in [0, 0.1) is 0 Å². The number of aliphatic hydroxyl groups is 1. The van der Waals surface area contributed by atoms with Crippen molar-refractivity contribution in [2.75, 3.05) is 0 Å². The Labute approximate surface area is 144 Å². The first-order chi connectivity index (χ1) is 12.0. The molecule has 0 bridgehead atoms. The molecule has 0 spiro atoms.